The molecule has 0 aliphatic rings. The zero-order chi connectivity index (χ0) is 13.1. The van der Waals surface area contributed by atoms with Gasteiger partial charge in [-0.3, -0.25) is 4.98 Å². The van der Waals surface area contributed by atoms with Crippen molar-refractivity contribution in [3.05, 3.63) is 65.2 Å². The Morgan fingerprint density at radius 3 is 2.61 bits per heavy atom. The van der Waals surface area contributed by atoms with Gasteiger partial charge in [-0.1, -0.05) is 41.1 Å². The van der Waals surface area contributed by atoms with Crippen LogP contribution in [0.3, 0.4) is 0 Å². The summed E-state index contributed by atoms with van der Waals surface area (Å²) in [5.74, 6) is -0.0527. The number of nitrogens with zero attached hydrogens (tertiary/aromatic N) is 1. The second kappa shape index (κ2) is 5.61. The minimum absolute atomic E-state index is 0.0759. The van der Waals surface area contributed by atoms with Gasteiger partial charge in [0.2, 0.25) is 0 Å². The first-order chi connectivity index (χ1) is 8.59. The zero-order valence-electron chi connectivity index (χ0n) is 10.4. The second-order valence-electron chi connectivity index (χ2n) is 4.47. The molecule has 0 radical (unpaired) electrons. The molecule has 2 atom stereocenters. The highest BCUT2D eigenvalue weighted by atomic mass is 79.9. The van der Waals surface area contributed by atoms with E-state index in [9.17, 15) is 4.39 Å². The quantitative estimate of drug-likeness (QED) is 0.744. The smallest absolute Gasteiger partial charge is 0.127 e. The van der Waals surface area contributed by atoms with Gasteiger partial charge in [-0.15, -0.1) is 0 Å². The highest BCUT2D eigenvalue weighted by molar-refractivity contribution is 9.09. The van der Waals surface area contributed by atoms with Crippen molar-refractivity contribution in [3.8, 4) is 0 Å². The van der Waals surface area contributed by atoms with E-state index in [2.05, 4.69) is 20.9 Å². The monoisotopic (exact) mass is 307 g/mol. The van der Waals surface area contributed by atoms with Gasteiger partial charge < -0.3 is 0 Å². The van der Waals surface area contributed by atoms with E-state index in [1.807, 2.05) is 44.2 Å². The first kappa shape index (κ1) is 13.2. The summed E-state index contributed by atoms with van der Waals surface area (Å²) >= 11 is 3.58. The van der Waals surface area contributed by atoms with E-state index in [0.29, 0.717) is 5.56 Å². The number of rotatable bonds is 3. The van der Waals surface area contributed by atoms with Crippen LogP contribution < -0.4 is 0 Å². The molecule has 2 unspecified atom stereocenters. The van der Waals surface area contributed by atoms with E-state index in [1.54, 1.807) is 12.3 Å². The van der Waals surface area contributed by atoms with E-state index < -0.39 is 0 Å². The van der Waals surface area contributed by atoms with E-state index in [4.69, 9.17) is 0 Å². The van der Waals surface area contributed by atoms with Gasteiger partial charge in [-0.2, -0.15) is 0 Å². The summed E-state index contributed by atoms with van der Waals surface area (Å²) in [7, 11) is 0. The molecule has 0 bridgehead atoms. The normalized spacial score (nSPS) is 14.2. The molecule has 18 heavy (non-hydrogen) atoms. The average Bonchev–Trinajstić information content (AvgIpc) is 2.38. The molecule has 0 amide bonds. The molecular weight excluding hydrogens is 293 g/mol. The fourth-order valence-corrected chi connectivity index (χ4v) is 2.56. The second-order valence-corrected chi connectivity index (χ2v) is 5.46. The summed E-state index contributed by atoms with van der Waals surface area (Å²) in [6.45, 7) is 3.93. The lowest BCUT2D eigenvalue weighted by Gasteiger charge is -2.19. The van der Waals surface area contributed by atoms with Crippen molar-refractivity contribution < 1.29 is 4.39 Å². The molecule has 0 saturated heterocycles. The van der Waals surface area contributed by atoms with Crippen molar-refractivity contribution >= 4 is 15.9 Å². The molecule has 0 aliphatic heterocycles. The Bertz CT molecular complexity index is 527. The molecule has 2 aromatic rings. The van der Waals surface area contributed by atoms with Crippen LogP contribution in [0.5, 0.6) is 0 Å². The Morgan fingerprint density at radius 1 is 1.22 bits per heavy atom. The minimum atomic E-state index is -0.167. The molecule has 94 valence electrons. The first-order valence-corrected chi connectivity index (χ1v) is 6.82. The maximum Gasteiger partial charge on any atom is 0.127 e. The molecule has 1 heterocycles. The standard InChI is InChI=1S/C15H15BrFN/c1-10-6-7-12(13(17)9-10)15(16)11(2)14-5-3-4-8-18-14/h3-9,11,15H,1-2H3. The number of aryl methyl sites for hydroxylation is 1. The van der Waals surface area contributed by atoms with E-state index in [1.165, 1.54) is 0 Å². The predicted octanol–water partition coefficient (Wildman–Crippen LogP) is 4.77. The van der Waals surface area contributed by atoms with Crippen molar-refractivity contribution in [2.24, 2.45) is 0 Å². The van der Waals surface area contributed by atoms with Gasteiger partial charge in [-0.25, -0.2) is 4.39 Å². The van der Waals surface area contributed by atoms with Crippen LogP contribution in [0, 0.1) is 12.7 Å². The molecule has 1 nitrogen and oxygen atoms in total. The summed E-state index contributed by atoms with van der Waals surface area (Å²) < 4.78 is 13.9. The van der Waals surface area contributed by atoms with Crippen molar-refractivity contribution in [2.75, 3.05) is 0 Å². The zero-order valence-corrected chi connectivity index (χ0v) is 12.0. The van der Waals surface area contributed by atoms with Crippen LogP contribution >= 0.6 is 15.9 Å². The largest absolute Gasteiger partial charge is 0.261 e. The van der Waals surface area contributed by atoms with Gasteiger partial charge in [0.1, 0.15) is 5.82 Å². The number of halogens is 2. The van der Waals surface area contributed by atoms with Gasteiger partial charge in [0.25, 0.3) is 0 Å². The molecule has 3 heteroatoms. The molecule has 0 aliphatic carbocycles. The van der Waals surface area contributed by atoms with Gasteiger partial charge in [-0.05, 0) is 30.7 Å². The van der Waals surface area contributed by atoms with Crippen LogP contribution in [-0.2, 0) is 0 Å². The molecule has 2 rings (SSSR count). The molecule has 1 aromatic heterocycles. The third kappa shape index (κ3) is 2.78. The minimum Gasteiger partial charge on any atom is -0.261 e. The van der Waals surface area contributed by atoms with Crippen LogP contribution in [0.2, 0.25) is 0 Å². The third-order valence-corrected chi connectivity index (χ3v) is 4.33. The average molecular weight is 308 g/mol. The fraction of sp³-hybridized carbons (Fsp3) is 0.267. The summed E-state index contributed by atoms with van der Waals surface area (Å²) in [6.07, 6.45) is 1.76. The van der Waals surface area contributed by atoms with Gasteiger partial charge in [0.05, 0.1) is 4.83 Å². The number of hydrogen-bond donors (Lipinski definition) is 0. The van der Waals surface area contributed by atoms with Crippen molar-refractivity contribution in [2.45, 2.75) is 24.6 Å². The number of hydrogen-bond acceptors (Lipinski definition) is 1. The number of aromatic nitrogens is 1. The van der Waals surface area contributed by atoms with Crippen LogP contribution in [-0.4, -0.2) is 4.98 Å². The van der Waals surface area contributed by atoms with Crippen molar-refractivity contribution in [1.82, 2.24) is 4.98 Å². The van der Waals surface area contributed by atoms with Crippen LogP contribution in [0.15, 0.2) is 42.6 Å². The lowest BCUT2D eigenvalue weighted by atomic mass is 9.96. The molecule has 0 spiro atoms. The van der Waals surface area contributed by atoms with E-state index >= 15 is 0 Å². The summed E-state index contributed by atoms with van der Waals surface area (Å²) in [4.78, 5) is 4.24. The summed E-state index contributed by atoms with van der Waals surface area (Å²) in [5, 5.41) is 0. The third-order valence-electron chi connectivity index (χ3n) is 3.05. The Labute approximate surface area is 115 Å². The van der Waals surface area contributed by atoms with Crippen LogP contribution in [0.4, 0.5) is 4.39 Å². The van der Waals surface area contributed by atoms with E-state index in [-0.39, 0.29) is 16.6 Å². The Balaban J connectivity index is 2.28. The molecule has 0 N–H and O–H groups in total. The van der Waals surface area contributed by atoms with Crippen LogP contribution in [0.25, 0.3) is 0 Å². The fourth-order valence-electron chi connectivity index (χ4n) is 1.92. The molecule has 0 saturated carbocycles. The number of benzene rings is 1. The maximum atomic E-state index is 13.9. The Hall–Kier alpha value is -1.22. The SMILES string of the molecule is Cc1ccc(C(Br)C(C)c2ccccn2)c(F)c1. The molecule has 1 aromatic carbocycles. The van der Waals surface area contributed by atoms with E-state index in [0.717, 1.165) is 11.3 Å². The van der Waals surface area contributed by atoms with Crippen LogP contribution in [0.1, 0.15) is 34.5 Å². The number of pyridine rings is 1. The maximum absolute atomic E-state index is 13.9. The van der Waals surface area contributed by atoms with Gasteiger partial charge >= 0.3 is 0 Å². The molecule has 0 fully saturated rings. The summed E-state index contributed by atoms with van der Waals surface area (Å²) in [5.41, 5.74) is 2.57. The highest BCUT2D eigenvalue weighted by Crippen LogP contribution is 2.38. The Morgan fingerprint density at radius 2 is 2.00 bits per heavy atom. The topological polar surface area (TPSA) is 12.9 Å². The molecular formula is C15H15BrFN. The first-order valence-electron chi connectivity index (χ1n) is 5.90. The summed E-state index contributed by atoms with van der Waals surface area (Å²) in [6, 6.07) is 11.1. The highest BCUT2D eigenvalue weighted by Gasteiger charge is 2.21. The van der Waals surface area contributed by atoms with Gasteiger partial charge in [0.15, 0.2) is 0 Å². The lowest BCUT2D eigenvalue weighted by Crippen LogP contribution is -2.06. The Kier molecular flexibility index (Phi) is 4.12. The lowest BCUT2D eigenvalue weighted by molar-refractivity contribution is 0.592. The van der Waals surface area contributed by atoms with Gasteiger partial charge in [0, 0.05) is 23.4 Å². The van der Waals surface area contributed by atoms with Crippen molar-refractivity contribution in [1.29, 1.82) is 0 Å². The predicted molar refractivity (Wildman–Crippen MR) is 75.5 cm³/mol. The van der Waals surface area contributed by atoms with Crippen molar-refractivity contribution in [3.63, 3.8) is 0 Å². The number of alkyl halides is 1.